The highest BCUT2D eigenvalue weighted by atomic mass is 32.2. The molecule has 0 saturated carbocycles. The summed E-state index contributed by atoms with van der Waals surface area (Å²) in [5, 5.41) is 0. The van der Waals surface area contributed by atoms with Gasteiger partial charge in [-0.25, -0.2) is 8.42 Å². The average Bonchev–Trinajstić information content (AvgIpc) is 2.41. The molecular weight excluding hydrogens is 256 g/mol. The molecule has 0 fully saturated rings. The Bertz CT molecular complexity index is 504. The number of amides is 1. The highest BCUT2D eigenvalue weighted by molar-refractivity contribution is 8.01. The number of thiophene rings is 1. The minimum Gasteiger partial charge on any atom is -0.396 e. The molecule has 0 radical (unpaired) electrons. The third-order valence-corrected chi connectivity index (χ3v) is 5.41. The zero-order valence-corrected chi connectivity index (χ0v) is 10.6. The molecule has 1 heterocycles. The van der Waals surface area contributed by atoms with Crippen LogP contribution in [0.2, 0.25) is 0 Å². The van der Waals surface area contributed by atoms with Crippen LogP contribution in [0.4, 0.5) is 5.69 Å². The number of carbonyl (C=O) groups is 1. The van der Waals surface area contributed by atoms with E-state index in [4.69, 9.17) is 11.5 Å². The summed E-state index contributed by atoms with van der Waals surface area (Å²) in [6.07, 6.45) is 2.76. The Morgan fingerprint density at radius 3 is 2.27 bits per heavy atom. The molecule has 0 aromatic carbocycles. The summed E-state index contributed by atoms with van der Waals surface area (Å²) in [7, 11) is -3.43. The number of rotatable bonds is 3. The number of nitrogens with two attached hydrogens (primary N) is 2. The maximum absolute atomic E-state index is 11.4. The van der Waals surface area contributed by atoms with Gasteiger partial charge in [-0.15, -0.1) is 23.1 Å². The fraction of sp³-hybridized carbons (Fsp3) is 0.286. The van der Waals surface area contributed by atoms with Crippen LogP contribution in [0.15, 0.2) is 9.10 Å². The largest absolute Gasteiger partial charge is 0.396 e. The molecule has 0 aliphatic heterocycles. The summed E-state index contributed by atoms with van der Waals surface area (Å²) in [6, 6.07) is 0. The van der Waals surface area contributed by atoms with Crippen molar-refractivity contribution in [1.82, 2.24) is 0 Å². The van der Waals surface area contributed by atoms with Crippen LogP contribution < -0.4 is 11.5 Å². The summed E-state index contributed by atoms with van der Waals surface area (Å²) in [5.41, 5.74) is 10.6. The van der Waals surface area contributed by atoms with Crippen LogP contribution in [0.3, 0.4) is 0 Å². The van der Waals surface area contributed by atoms with Crippen molar-refractivity contribution >= 4 is 44.5 Å². The van der Waals surface area contributed by atoms with Crippen molar-refractivity contribution in [2.75, 3.05) is 18.2 Å². The van der Waals surface area contributed by atoms with Gasteiger partial charge in [-0.2, -0.15) is 0 Å². The lowest BCUT2D eigenvalue weighted by Gasteiger charge is -1.99. The van der Waals surface area contributed by atoms with Crippen molar-refractivity contribution < 1.29 is 13.2 Å². The first-order chi connectivity index (χ1) is 6.79. The van der Waals surface area contributed by atoms with E-state index in [2.05, 4.69) is 0 Å². The van der Waals surface area contributed by atoms with E-state index >= 15 is 0 Å². The van der Waals surface area contributed by atoms with Gasteiger partial charge in [-0.05, 0) is 6.26 Å². The summed E-state index contributed by atoms with van der Waals surface area (Å²) in [4.78, 5) is 11.1. The van der Waals surface area contributed by atoms with Gasteiger partial charge in [0, 0.05) is 6.26 Å². The van der Waals surface area contributed by atoms with E-state index in [-0.39, 0.29) is 15.5 Å². The highest BCUT2D eigenvalue weighted by Crippen LogP contribution is 2.39. The number of hydrogen-bond donors (Lipinski definition) is 2. The van der Waals surface area contributed by atoms with E-state index in [9.17, 15) is 13.2 Å². The standard InChI is InChI=1S/C7H10N2O3S3/c1-13-7-5(15(2,11)12)3(8)4(14-7)6(9)10/h8H2,1-2H3,(H2,9,10). The van der Waals surface area contributed by atoms with E-state index in [1.165, 1.54) is 11.8 Å². The normalized spacial score (nSPS) is 11.6. The molecule has 0 spiro atoms. The summed E-state index contributed by atoms with van der Waals surface area (Å²) >= 11 is 2.23. The van der Waals surface area contributed by atoms with Crippen molar-refractivity contribution in [3.8, 4) is 0 Å². The fourth-order valence-electron chi connectivity index (χ4n) is 1.08. The topological polar surface area (TPSA) is 103 Å². The SMILES string of the molecule is CSc1sc(C(N)=O)c(N)c1S(C)(=O)=O. The van der Waals surface area contributed by atoms with Gasteiger partial charge in [-0.3, -0.25) is 4.79 Å². The van der Waals surface area contributed by atoms with Gasteiger partial charge in [0.2, 0.25) is 0 Å². The Balaban J connectivity index is 3.58. The zero-order valence-electron chi connectivity index (χ0n) is 8.10. The number of sulfone groups is 1. The lowest BCUT2D eigenvalue weighted by molar-refractivity contribution is 0.100. The van der Waals surface area contributed by atoms with Gasteiger partial charge < -0.3 is 11.5 Å². The van der Waals surface area contributed by atoms with Crippen molar-refractivity contribution in [1.29, 1.82) is 0 Å². The first-order valence-corrected chi connectivity index (χ1v) is 7.68. The Labute approximate surface area is 95.8 Å². The predicted octanol–water partition coefficient (Wildman–Crippen LogP) is 0.555. The van der Waals surface area contributed by atoms with E-state index in [1.807, 2.05) is 0 Å². The van der Waals surface area contributed by atoms with Gasteiger partial charge in [0.05, 0.1) is 9.90 Å². The second kappa shape index (κ2) is 4.03. The molecule has 0 unspecified atom stereocenters. The Morgan fingerprint density at radius 1 is 1.47 bits per heavy atom. The van der Waals surface area contributed by atoms with Crippen LogP contribution in [-0.2, 0) is 9.84 Å². The van der Waals surface area contributed by atoms with E-state index in [0.717, 1.165) is 17.6 Å². The van der Waals surface area contributed by atoms with E-state index in [1.54, 1.807) is 6.26 Å². The van der Waals surface area contributed by atoms with Gasteiger partial charge in [0.25, 0.3) is 5.91 Å². The monoisotopic (exact) mass is 266 g/mol. The van der Waals surface area contributed by atoms with Gasteiger partial charge in [0.1, 0.15) is 9.77 Å². The third-order valence-electron chi connectivity index (χ3n) is 1.65. The van der Waals surface area contributed by atoms with Crippen molar-refractivity contribution in [2.45, 2.75) is 9.10 Å². The molecule has 4 N–H and O–H groups in total. The highest BCUT2D eigenvalue weighted by Gasteiger charge is 2.25. The number of primary amides is 1. The molecule has 1 aromatic rings. The quantitative estimate of drug-likeness (QED) is 0.778. The molecular formula is C7H10N2O3S3. The molecule has 1 rings (SSSR count). The molecule has 15 heavy (non-hydrogen) atoms. The molecule has 0 aliphatic rings. The lowest BCUT2D eigenvalue weighted by atomic mass is 10.4. The number of carbonyl (C=O) groups excluding carboxylic acids is 1. The van der Waals surface area contributed by atoms with Crippen molar-refractivity contribution in [3.63, 3.8) is 0 Å². The van der Waals surface area contributed by atoms with Crippen LogP contribution >= 0.6 is 23.1 Å². The van der Waals surface area contributed by atoms with Crippen LogP contribution in [0.5, 0.6) is 0 Å². The van der Waals surface area contributed by atoms with Gasteiger partial charge >= 0.3 is 0 Å². The molecule has 84 valence electrons. The number of thioether (sulfide) groups is 1. The predicted molar refractivity (Wildman–Crippen MR) is 62.1 cm³/mol. The van der Waals surface area contributed by atoms with Crippen LogP contribution in [-0.4, -0.2) is 26.8 Å². The summed E-state index contributed by atoms with van der Waals surface area (Å²) < 4.78 is 23.4. The molecule has 0 bridgehead atoms. The summed E-state index contributed by atoms with van der Waals surface area (Å²) in [6.45, 7) is 0. The van der Waals surface area contributed by atoms with Crippen molar-refractivity contribution in [3.05, 3.63) is 4.88 Å². The van der Waals surface area contributed by atoms with Crippen LogP contribution in [0, 0.1) is 0 Å². The molecule has 0 atom stereocenters. The van der Waals surface area contributed by atoms with E-state index in [0.29, 0.717) is 4.21 Å². The first-order valence-electron chi connectivity index (χ1n) is 3.75. The van der Waals surface area contributed by atoms with E-state index < -0.39 is 15.7 Å². The molecule has 1 amide bonds. The van der Waals surface area contributed by atoms with Gasteiger partial charge in [-0.1, -0.05) is 0 Å². The molecule has 5 nitrogen and oxygen atoms in total. The first kappa shape index (κ1) is 12.3. The fourth-order valence-corrected chi connectivity index (χ4v) is 4.81. The minimum atomic E-state index is -3.43. The Hall–Kier alpha value is -0.730. The molecule has 8 heteroatoms. The zero-order chi connectivity index (χ0) is 11.8. The number of anilines is 1. The maximum Gasteiger partial charge on any atom is 0.260 e. The molecule has 1 aromatic heterocycles. The number of nitrogen functional groups attached to an aromatic ring is 1. The number of hydrogen-bond acceptors (Lipinski definition) is 6. The maximum atomic E-state index is 11.4. The summed E-state index contributed by atoms with van der Waals surface area (Å²) in [5.74, 6) is -0.706. The van der Waals surface area contributed by atoms with Crippen LogP contribution in [0.25, 0.3) is 0 Å². The molecule has 0 saturated heterocycles. The Kier molecular flexibility index (Phi) is 3.31. The van der Waals surface area contributed by atoms with Gasteiger partial charge in [0.15, 0.2) is 9.84 Å². The van der Waals surface area contributed by atoms with Crippen molar-refractivity contribution in [2.24, 2.45) is 5.73 Å². The smallest absolute Gasteiger partial charge is 0.260 e. The molecule has 0 aliphatic carbocycles. The second-order valence-electron chi connectivity index (χ2n) is 2.80. The Morgan fingerprint density at radius 2 is 2.00 bits per heavy atom. The average molecular weight is 266 g/mol. The third kappa shape index (κ3) is 2.27. The minimum absolute atomic E-state index is 0.00815. The lowest BCUT2D eigenvalue weighted by Crippen LogP contribution is -2.12. The van der Waals surface area contributed by atoms with Crippen LogP contribution in [0.1, 0.15) is 9.67 Å². The second-order valence-corrected chi connectivity index (χ2v) is 6.85.